The van der Waals surface area contributed by atoms with Crippen molar-refractivity contribution < 1.29 is 18.3 Å². The van der Waals surface area contributed by atoms with Gasteiger partial charge in [0.2, 0.25) is 6.05 Å². The molecule has 0 aliphatic rings. The highest BCUT2D eigenvalue weighted by Gasteiger charge is 2.02. The standard InChI is InChI=1S/C20H38F2O2Si/c1-18(2)19(23)24-16-14-12-10-8-6-4-3-5-7-9-11-13-15-17-25-20(21)22/h20H,1,3-17,25H2,2H3. The maximum Gasteiger partial charge on any atom is 0.333 e. The molecule has 0 saturated carbocycles. The first-order valence-corrected chi connectivity index (χ1v) is 12.0. The summed E-state index contributed by atoms with van der Waals surface area (Å²) in [6.45, 7) is 5.73. The van der Waals surface area contributed by atoms with Crippen LogP contribution in [0.3, 0.4) is 0 Å². The summed E-state index contributed by atoms with van der Waals surface area (Å²) in [6, 6.07) is -1.17. The number of esters is 1. The van der Waals surface area contributed by atoms with E-state index in [1.807, 2.05) is 0 Å². The number of hydrogen-bond donors (Lipinski definition) is 0. The molecule has 0 unspecified atom stereocenters. The van der Waals surface area contributed by atoms with Gasteiger partial charge in [-0.2, -0.15) is 0 Å². The fourth-order valence-electron chi connectivity index (χ4n) is 2.81. The smallest absolute Gasteiger partial charge is 0.333 e. The summed E-state index contributed by atoms with van der Waals surface area (Å²) in [5.41, 5.74) is 0.466. The highest BCUT2D eigenvalue weighted by molar-refractivity contribution is 6.36. The Bertz CT molecular complexity index is 336. The number of carbonyl (C=O) groups is 1. The number of hydrogen-bond acceptors (Lipinski definition) is 2. The topological polar surface area (TPSA) is 26.3 Å². The van der Waals surface area contributed by atoms with Crippen LogP contribution < -0.4 is 0 Å². The zero-order valence-corrected chi connectivity index (χ0v) is 17.6. The number of alkyl halides is 2. The Hall–Kier alpha value is -0.713. The summed E-state index contributed by atoms with van der Waals surface area (Å²) in [5.74, 6) is -0.282. The molecule has 148 valence electrons. The second-order valence-electron chi connectivity index (χ2n) is 7.05. The fourth-order valence-corrected chi connectivity index (χ4v) is 3.76. The van der Waals surface area contributed by atoms with Crippen molar-refractivity contribution in [2.45, 2.75) is 102 Å². The van der Waals surface area contributed by atoms with E-state index in [9.17, 15) is 13.6 Å². The van der Waals surface area contributed by atoms with Crippen molar-refractivity contribution in [2.75, 3.05) is 6.61 Å². The van der Waals surface area contributed by atoms with Gasteiger partial charge < -0.3 is 4.74 Å². The van der Waals surface area contributed by atoms with Gasteiger partial charge in [0.1, 0.15) is 9.52 Å². The van der Waals surface area contributed by atoms with Crippen LogP contribution in [-0.4, -0.2) is 28.1 Å². The van der Waals surface area contributed by atoms with Gasteiger partial charge in [-0.3, -0.25) is 0 Å². The molecular formula is C20H38F2O2Si. The van der Waals surface area contributed by atoms with Crippen molar-refractivity contribution in [3.05, 3.63) is 12.2 Å². The monoisotopic (exact) mass is 376 g/mol. The molecular weight excluding hydrogens is 338 g/mol. The minimum atomic E-state index is -1.99. The van der Waals surface area contributed by atoms with Gasteiger partial charge in [0.05, 0.1) is 6.61 Å². The maximum absolute atomic E-state index is 12.0. The number of rotatable bonds is 18. The Balaban J connectivity index is 3.07. The fraction of sp³-hybridized carbons (Fsp3) is 0.850. The molecule has 0 rings (SSSR count). The van der Waals surface area contributed by atoms with Crippen molar-refractivity contribution in [1.82, 2.24) is 0 Å². The van der Waals surface area contributed by atoms with Gasteiger partial charge in [-0.1, -0.05) is 89.7 Å². The first-order chi connectivity index (χ1) is 12.0. The van der Waals surface area contributed by atoms with Gasteiger partial charge in [0.15, 0.2) is 0 Å². The molecule has 0 aromatic carbocycles. The molecule has 0 aromatic rings. The zero-order valence-electron chi connectivity index (χ0n) is 16.2. The van der Waals surface area contributed by atoms with Gasteiger partial charge in [-0.15, -0.1) is 0 Å². The van der Waals surface area contributed by atoms with Crippen LogP contribution in [0.1, 0.15) is 90.4 Å². The first-order valence-electron chi connectivity index (χ1n) is 10.1. The third-order valence-electron chi connectivity index (χ3n) is 4.40. The van der Waals surface area contributed by atoms with Gasteiger partial charge in [-0.05, 0) is 13.3 Å². The van der Waals surface area contributed by atoms with E-state index < -0.39 is 15.6 Å². The van der Waals surface area contributed by atoms with Crippen LogP contribution in [0.2, 0.25) is 6.04 Å². The highest BCUT2D eigenvalue weighted by Crippen LogP contribution is 2.13. The highest BCUT2D eigenvalue weighted by atomic mass is 28.2. The van der Waals surface area contributed by atoms with Crippen molar-refractivity contribution in [3.8, 4) is 0 Å². The third-order valence-corrected chi connectivity index (χ3v) is 5.74. The van der Waals surface area contributed by atoms with Crippen LogP contribution >= 0.6 is 0 Å². The van der Waals surface area contributed by atoms with E-state index in [-0.39, 0.29) is 5.97 Å². The molecule has 0 N–H and O–H groups in total. The molecule has 0 radical (unpaired) electrons. The average Bonchev–Trinajstić information content (AvgIpc) is 2.57. The van der Waals surface area contributed by atoms with Crippen LogP contribution in [0.5, 0.6) is 0 Å². The summed E-state index contributed by atoms with van der Waals surface area (Å²) in [6.07, 6.45) is 15.7. The van der Waals surface area contributed by atoms with Crippen LogP contribution in [0.25, 0.3) is 0 Å². The summed E-state index contributed by atoms with van der Waals surface area (Å²) in [4.78, 5) is 11.2. The molecule has 0 heterocycles. The predicted octanol–water partition coefficient (Wildman–Crippen LogP) is 5.99. The van der Waals surface area contributed by atoms with Crippen molar-refractivity contribution in [2.24, 2.45) is 0 Å². The molecule has 0 aromatic heterocycles. The third kappa shape index (κ3) is 19.5. The Morgan fingerprint density at radius 1 is 0.840 bits per heavy atom. The number of ether oxygens (including phenoxy) is 1. The van der Waals surface area contributed by atoms with Gasteiger partial charge in [-0.25, -0.2) is 13.6 Å². The van der Waals surface area contributed by atoms with Crippen LogP contribution in [-0.2, 0) is 9.53 Å². The quantitative estimate of drug-likeness (QED) is 0.127. The zero-order chi connectivity index (χ0) is 18.8. The molecule has 0 aliphatic carbocycles. The summed E-state index contributed by atoms with van der Waals surface area (Å²) < 4.78 is 29.1. The van der Waals surface area contributed by atoms with Gasteiger partial charge >= 0.3 is 5.97 Å². The van der Waals surface area contributed by atoms with Crippen molar-refractivity contribution >= 4 is 15.5 Å². The van der Waals surface area contributed by atoms with Crippen molar-refractivity contribution in [3.63, 3.8) is 0 Å². The van der Waals surface area contributed by atoms with Crippen LogP contribution in [0, 0.1) is 0 Å². The molecule has 0 atom stereocenters. The molecule has 25 heavy (non-hydrogen) atoms. The first kappa shape index (κ1) is 24.3. The lowest BCUT2D eigenvalue weighted by atomic mass is 10.0. The lowest BCUT2D eigenvalue weighted by Crippen LogP contribution is -2.05. The summed E-state index contributed by atoms with van der Waals surface area (Å²) in [7, 11) is -1.08. The predicted molar refractivity (Wildman–Crippen MR) is 105 cm³/mol. The normalized spacial score (nSPS) is 11.5. The minimum Gasteiger partial charge on any atom is -0.462 e. The van der Waals surface area contributed by atoms with Crippen molar-refractivity contribution in [1.29, 1.82) is 0 Å². The molecule has 0 fully saturated rings. The lowest BCUT2D eigenvalue weighted by Gasteiger charge is -2.05. The van der Waals surface area contributed by atoms with Gasteiger partial charge in [0.25, 0.3) is 0 Å². The van der Waals surface area contributed by atoms with Gasteiger partial charge in [0, 0.05) is 5.57 Å². The Kier molecular flexibility index (Phi) is 17.6. The maximum atomic E-state index is 12.0. The Morgan fingerprint density at radius 2 is 1.24 bits per heavy atom. The Morgan fingerprint density at radius 3 is 1.64 bits per heavy atom. The largest absolute Gasteiger partial charge is 0.462 e. The van der Waals surface area contributed by atoms with E-state index in [2.05, 4.69) is 6.58 Å². The van der Waals surface area contributed by atoms with Crippen LogP contribution in [0.4, 0.5) is 8.78 Å². The number of carbonyl (C=O) groups excluding carboxylic acids is 1. The van der Waals surface area contributed by atoms with E-state index in [1.165, 1.54) is 57.8 Å². The molecule has 5 heteroatoms. The summed E-state index contributed by atoms with van der Waals surface area (Å²) >= 11 is 0. The molecule has 0 aliphatic heterocycles. The molecule has 0 amide bonds. The van der Waals surface area contributed by atoms with E-state index in [1.54, 1.807) is 6.92 Å². The molecule has 0 bridgehead atoms. The SMILES string of the molecule is C=C(C)C(=O)OCCCCCCCCCCCCCCC[SiH2]C(F)F. The summed E-state index contributed by atoms with van der Waals surface area (Å²) in [5, 5.41) is 0. The molecule has 0 spiro atoms. The molecule has 2 nitrogen and oxygen atoms in total. The van der Waals surface area contributed by atoms with E-state index in [0.29, 0.717) is 12.2 Å². The average molecular weight is 377 g/mol. The second-order valence-corrected chi connectivity index (χ2v) is 8.95. The van der Waals surface area contributed by atoms with E-state index >= 15 is 0 Å². The minimum absolute atomic E-state index is 0.282. The van der Waals surface area contributed by atoms with E-state index in [4.69, 9.17) is 4.74 Å². The number of unbranched alkanes of at least 4 members (excludes halogenated alkanes) is 12. The molecule has 0 saturated heterocycles. The van der Waals surface area contributed by atoms with E-state index in [0.717, 1.165) is 31.7 Å². The second kappa shape index (κ2) is 18.1. The lowest BCUT2D eigenvalue weighted by molar-refractivity contribution is -0.139. The Labute approximate surface area is 155 Å². The van der Waals surface area contributed by atoms with Crippen LogP contribution in [0.15, 0.2) is 12.2 Å². The number of halogens is 2.